The molecule has 0 spiro atoms. The average molecular weight is 192 g/mol. The fraction of sp³-hybridized carbons (Fsp3) is 0.714. The highest BCUT2D eigenvalue weighted by Crippen LogP contribution is 2.05. The van der Waals surface area contributed by atoms with Gasteiger partial charge in [-0.1, -0.05) is 52.9 Å². The van der Waals surface area contributed by atoms with Crippen LogP contribution in [0.5, 0.6) is 0 Å². The van der Waals surface area contributed by atoms with Crippen LogP contribution in [-0.4, -0.2) is 0 Å². The van der Waals surface area contributed by atoms with Crippen molar-refractivity contribution in [2.75, 3.05) is 0 Å². The largest absolute Gasteiger partial charge is 0.103 e. The van der Waals surface area contributed by atoms with Crippen LogP contribution in [0, 0.1) is 31.6 Å². The third kappa shape index (κ3) is 9.65. The summed E-state index contributed by atoms with van der Waals surface area (Å²) >= 11 is 0. The molecule has 0 heterocycles. The van der Waals surface area contributed by atoms with Crippen molar-refractivity contribution in [3.05, 3.63) is 13.8 Å². The lowest BCUT2D eigenvalue weighted by Crippen LogP contribution is -1.87. The summed E-state index contributed by atoms with van der Waals surface area (Å²) in [5.74, 6) is 7.06. The Hall–Kier alpha value is -0.440. The summed E-state index contributed by atoms with van der Waals surface area (Å²) in [6.45, 7) is 9.84. The van der Waals surface area contributed by atoms with E-state index in [1.165, 1.54) is 25.7 Å². The second kappa shape index (κ2) is 10.6. The van der Waals surface area contributed by atoms with Gasteiger partial charge < -0.3 is 0 Å². The number of hydrogen-bond acceptors (Lipinski definition) is 0. The van der Waals surface area contributed by atoms with Gasteiger partial charge in [0.2, 0.25) is 0 Å². The molecule has 0 saturated heterocycles. The van der Waals surface area contributed by atoms with E-state index in [4.69, 9.17) is 0 Å². The van der Waals surface area contributed by atoms with E-state index < -0.39 is 0 Å². The summed E-state index contributed by atoms with van der Waals surface area (Å²) in [7, 11) is 0. The molecule has 0 aromatic heterocycles. The van der Waals surface area contributed by atoms with E-state index in [9.17, 15) is 0 Å². The Morgan fingerprint density at radius 1 is 1.00 bits per heavy atom. The molecule has 0 amide bonds. The maximum atomic E-state index is 3.83. The Kier molecular flexibility index (Phi) is 10.3. The van der Waals surface area contributed by atoms with Crippen LogP contribution < -0.4 is 0 Å². The summed E-state index contributed by atoms with van der Waals surface area (Å²) in [5, 5.41) is 0. The van der Waals surface area contributed by atoms with Crippen molar-refractivity contribution in [1.29, 1.82) is 0 Å². The maximum absolute atomic E-state index is 3.83. The third-order valence-corrected chi connectivity index (χ3v) is 2.29. The minimum absolute atomic E-state index is 0.535. The van der Waals surface area contributed by atoms with E-state index in [-0.39, 0.29) is 0 Å². The Balaban J connectivity index is 3.24. The van der Waals surface area contributed by atoms with E-state index in [0.717, 1.165) is 25.7 Å². The first kappa shape index (κ1) is 13.6. The lowest BCUT2D eigenvalue weighted by atomic mass is 10.1. The first-order chi connectivity index (χ1) is 6.81. The molecule has 80 valence electrons. The Bertz CT molecular complexity index is 159. The topological polar surface area (TPSA) is 0 Å². The highest BCUT2D eigenvalue weighted by Gasteiger charge is 1.92. The molecule has 1 unspecified atom stereocenters. The van der Waals surface area contributed by atoms with Crippen LogP contribution in [0.25, 0.3) is 0 Å². The zero-order chi connectivity index (χ0) is 10.6. The van der Waals surface area contributed by atoms with Crippen molar-refractivity contribution in [2.24, 2.45) is 5.92 Å². The summed E-state index contributed by atoms with van der Waals surface area (Å²) < 4.78 is 0. The number of rotatable bonds is 7. The fourth-order valence-electron chi connectivity index (χ4n) is 1.37. The highest BCUT2D eigenvalue weighted by atomic mass is 14.0. The molecule has 0 nitrogen and oxygen atoms in total. The van der Waals surface area contributed by atoms with Gasteiger partial charge >= 0.3 is 0 Å². The third-order valence-electron chi connectivity index (χ3n) is 2.29. The van der Waals surface area contributed by atoms with Gasteiger partial charge in [0.25, 0.3) is 0 Å². The molecule has 1 atom stereocenters. The summed E-state index contributed by atoms with van der Waals surface area (Å²) in [6.07, 6.45) is 9.43. The van der Waals surface area contributed by atoms with Crippen molar-refractivity contribution >= 4 is 0 Å². The van der Waals surface area contributed by atoms with Crippen LogP contribution >= 0.6 is 0 Å². The van der Waals surface area contributed by atoms with Gasteiger partial charge in [-0.15, -0.1) is 11.8 Å². The van der Waals surface area contributed by atoms with E-state index >= 15 is 0 Å². The summed E-state index contributed by atoms with van der Waals surface area (Å²) in [4.78, 5) is 0. The highest BCUT2D eigenvalue weighted by molar-refractivity contribution is 5.02. The van der Waals surface area contributed by atoms with Crippen LogP contribution in [0.1, 0.15) is 58.3 Å². The molecule has 0 aliphatic heterocycles. The van der Waals surface area contributed by atoms with Crippen LogP contribution in [0.3, 0.4) is 0 Å². The maximum Gasteiger partial charge on any atom is 0.0174 e. The van der Waals surface area contributed by atoms with Crippen LogP contribution in [-0.2, 0) is 0 Å². The van der Waals surface area contributed by atoms with Crippen molar-refractivity contribution in [2.45, 2.75) is 58.3 Å². The second-order valence-corrected chi connectivity index (χ2v) is 3.88. The molecular weight excluding hydrogens is 168 g/mol. The summed E-state index contributed by atoms with van der Waals surface area (Å²) in [5.41, 5.74) is 0. The smallest absolute Gasteiger partial charge is 0.0174 e. The van der Waals surface area contributed by atoms with Gasteiger partial charge in [0, 0.05) is 12.3 Å². The van der Waals surface area contributed by atoms with Gasteiger partial charge in [0.05, 0.1) is 0 Å². The van der Waals surface area contributed by atoms with Gasteiger partial charge in [0.1, 0.15) is 0 Å². The molecule has 0 N–H and O–H groups in total. The van der Waals surface area contributed by atoms with Crippen LogP contribution in [0.15, 0.2) is 0 Å². The molecule has 0 saturated carbocycles. The Morgan fingerprint density at radius 3 is 2.36 bits per heavy atom. The lowest BCUT2D eigenvalue weighted by Gasteiger charge is -1.98. The number of unbranched alkanes of at least 4 members (excludes halogenated alkanes) is 5. The molecule has 0 fully saturated rings. The lowest BCUT2D eigenvalue weighted by molar-refractivity contribution is 0.652. The zero-order valence-electron chi connectivity index (χ0n) is 9.65. The normalized spacial score (nSPS) is 11.9. The van der Waals surface area contributed by atoms with Crippen LogP contribution in [0.2, 0.25) is 0 Å². The van der Waals surface area contributed by atoms with Crippen LogP contribution in [0.4, 0.5) is 0 Å². The van der Waals surface area contributed by atoms with Gasteiger partial charge in [-0.2, -0.15) is 0 Å². The van der Waals surface area contributed by atoms with Gasteiger partial charge in [0.15, 0.2) is 0 Å². The van der Waals surface area contributed by atoms with Gasteiger partial charge in [-0.05, 0) is 12.8 Å². The second-order valence-electron chi connectivity index (χ2n) is 3.88. The molecule has 0 aromatic carbocycles. The van der Waals surface area contributed by atoms with E-state index in [1.54, 1.807) is 0 Å². The zero-order valence-corrected chi connectivity index (χ0v) is 9.65. The van der Waals surface area contributed by atoms with Crippen molar-refractivity contribution in [3.8, 4) is 11.8 Å². The van der Waals surface area contributed by atoms with Gasteiger partial charge in [-0.3, -0.25) is 0 Å². The first-order valence-electron chi connectivity index (χ1n) is 5.88. The number of hydrogen-bond donors (Lipinski definition) is 0. The molecule has 0 rings (SSSR count). The Morgan fingerprint density at radius 2 is 1.71 bits per heavy atom. The Labute approximate surface area is 90.5 Å². The minimum Gasteiger partial charge on any atom is -0.103 e. The molecule has 14 heavy (non-hydrogen) atoms. The quantitative estimate of drug-likeness (QED) is 0.414. The molecule has 0 heteroatoms. The molecule has 0 aliphatic carbocycles. The van der Waals surface area contributed by atoms with Crippen molar-refractivity contribution in [3.63, 3.8) is 0 Å². The standard InChI is InChI=1S/C14H24/c1-4-6-7-8-9-10-11-13-14(3)12-5-2/h14H,1-2,4-10,12H2,3H3. The fourth-order valence-corrected chi connectivity index (χ4v) is 1.37. The monoisotopic (exact) mass is 192 g/mol. The van der Waals surface area contributed by atoms with Crippen molar-refractivity contribution < 1.29 is 0 Å². The van der Waals surface area contributed by atoms with Gasteiger partial charge in [-0.25, -0.2) is 0 Å². The minimum atomic E-state index is 0.535. The molecule has 0 bridgehead atoms. The molecule has 2 radical (unpaired) electrons. The molecular formula is C14H24. The van der Waals surface area contributed by atoms with E-state index in [1.807, 2.05) is 0 Å². The average Bonchev–Trinajstić information content (AvgIpc) is 2.17. The van der Waals surface area contributed by atoms with E-state index in [0.29, 0.717) is 5.92 Å². The predicted octanol–water partition coefficient (Wildman–Crippen LogP) is 4.41. The summed E-state index contributed by atoms with van der Waals surface area (Å²) in [6, 6.07) is 0. The SMILES string of the molecule is [CH2]CCCCCCC#CC(C)CC[CH2]. The van der Waals surface area contributed by atoms with E-state index in [2.05, 4.69) is 32.6 Å². The first-order valence-corrected chi connectivity index (χ1v) is 5.88. The van der Waals surface area contributed by atoms with Crippen molar-refractivity contribution in [1.82, 2.24) is 0 Å². The molecule has 0 aliphatic rings. The molecule has 0 aromatic rings. The predicted molar refractivity (Wildman–Crippen MR) is 64.6 cm³/mol.